The van der Waals surface area contributed by atoms with E-state index in [1.807, 2.05) is 42.5 Å². The van der Waals surface area contributed by atoms with Gasteiger partial charge in [-0.25, -0.2) is 9.97 Å². The van der Waals surface area contributed by atoms with Gasteiger partial charge in [0.1, 0.15) is 23.7 Å². The molecule has 0 aliphatic rings. The van der Waals surface area contributed by atoms with Crippen LogP contribution in [0.5, 0.6) is 5.75 Å². The summed E-state index contributed by atoms with van der Waals surface area (Å²) < 4.78 is 5.40. The number of ether oxygens (including phenoxy) is 1. The maximum Gasteiger partial charge on any atom is 0.138 e. The van der Waals surface area contributed by atoms with Crippen LogP contribution in [0.4, 0.5) is 17.3 Å². The summed E-state index contributed by atoms with van der Waals surface area (Å²) in [6, 6.07) is 20.3. The largest absolute Gasteiger partial charge is 0.496 e. The number of nitrogens with zero attached hydrogens (tertiary/aromatic N) is 3. The fourth-order valence-electron chi connectivity index (χ4n) is 2.91. The zero-order valence-corrected chi connectivity index (χ0v) is 15.2. The van der Waals surface area contributed by atoms with Crippen LogP contribution in [-0.2, 0) is 6.42 Å². The van der Waals surface area contributed by atoms with E-state index in [9.17, 15) is 0 Å². The van der Waals surface area contributed by atoms with E-state index in [0.29, 0.717) is 0 Å². The van der Waals surface area contributed by atoms with Gasteiger partial charge in [-0.3, -0.25) is 0 Å². The summed E-state index contributed by atoms with van der Waals surface area (Å²) in [4.78, 5) is 10.9. The third kappa shape index (κ3) is 4.30. The van der Waals surface area contributed by atoms with Crippen molar-refractivity contribution in [1.82, 2.24) is 9.97 Å². The Morgan fingerprint density at radius 3 is 2.54 bits per heavy atom. The summed E-state index contributed by atoms with van der Waals surface area (Å²) in [5, 5.41) is 3.38. The Morgan fingerprint density at radius 1 is 1.00 bits per heavy atom. The number of methoxy groups -OCH3 is 1. The van der Waals surface area contributed by atoms with Crippen LogP contribution < -0.4 is 15.0 Å². The summed E-state index contributed by atoms with van der Waals surface area (Å²) in [5.74, 6) is 2.62. The highest BCUT2D eigenvalue weighted by atomic mass is 16.5. The third-order valence-electron chi connectivity index (χ3n) is 4.21. The SMILES string of the molecule is CCN(c1ccccc1)c1cc(NCCc2ccccc2OC)ncn1. The van der Waals surface area contributed by atoms with Crippen molar-refractivity contribution < 1.29 is 4.74 Å². The predicted molar refractivity (Wildman–Crippen MR) is 106 cm³/mol. The summed E-state index contributed by atoms with van der Waals surface area (Å²) in [6.45, 7) is 3.72. The fourth-order valence-corrected chi connectivity index (χ4v) is 2.91. The van der Waals surface area contributed by atoms with E-state index >= 15 is 0 Å². The van der Waals surface area contributed by atoms with Crippen LogP contribution in [0.25, 0.3) is 0 Å². The van der Waals surface area contributed by atoms with Gasteiger partial charge in [-0.05, 0) is 37.1 Å². The summed E-state index contributed by atoms with van der Waals surface area (Å²) in [7, 11) is 1.70. The summed E-state index contributed by atoms with van der Waals surface area (Å²) >= 11 is 0. The average Bonchev–Trinajstić information content (AvgIpc) is 2.70. The average molecular weight is 348 g/mol. The molecule has 3 aromatic rings. The number of rotatable bonds is 8. The van der Waals surface area contributed by atoms with Gasteiger partial charge in [0, 0.05) is 24.8 Å². The monoisotopic (exact) mass is 348 g/mol. The highest BCUT2D eigenvalue weighted by Gasteiger charge is 2.09. The molecule has 0 unspecified atom stereocenters. The molecular formula is C21H24N4O. The third-order valence-corrected chi connectivity index (χ3v) is 4.21. The van der Waals surface area contributed by atoms with Crippen molar-refractivity contribution in [2.45, 2.75) is 13.3 Å². The van der Waals surface area contributed by atoms with E-state index < -0.39 is 0 Å². The van der Waals surface area contributed by atoms with Crippen molar-refractivity contribution in [3.63, 3.8) is 0 Å². The second kappa shape index (κ2) is 8.85. The Labute approximate surface area is 154 Å². The first kappa shape index (κ1) is 17.7. The molecule has 5 nitrogen and oxygen atoms in total. The van der Waals surface area contributed by atoms with Crippen LogP contribution in [0.15, 0.2) is 67.0 Å². The molecule has 0 atom stereocenters. The van der Waals surface area contributed by atoms with Crippen molar-refractivity contribution in [1.29, 1.82) is 0 Å². The Hall–Kier alpha value is -3.08. The van der Waals surface area contributed by atoms with E-state index in [1.165, 1.54) is 5.56 Å². The van der Waals surface area contributed by atoms with Gasteiger partial charge in [0.05, 0.1) is 7.11 Å². The van der Waals surface area contributed by atoms with Crippen LogP contribution in [0.2, 0.25) is 0 Å². The molecule has 1 N–H and O–H groups in total. The molecule has 0 saturated heterocycles. The van der Waals surface area contributed by atoms with Crippen LogP contribution in [0.1, 0.15) is 12.5 Å². The zero-order chi connectivity index (χ0) is 18.2. The molecule has 26 heavy (non-hydrogen) atoms. The molecule has 2 aromatic carbocycles. The van der Waals surface area contributed by atoms with Gasteiger partial charge in [-0.2, -0.15) is 0 Å². The maximum atomic E-state index is 5.40. The Balaban J connectivity index is 1.67. The lowest BCUT2D eigenvalue weighted by molar-refractivity contribution is 0.410. The van der Waals surface area contributed by atoms with Crippen molar-refractivity contribution >= 4 is 17.3 Å². The minimum absolute atomic E-state index is 0.772. The molecule has 3 rings (SSSR count). The molecule has 0 amide bonds. The Bertz CT molecular complexity index is 823. The van der Waals surface area contributed by atoms with Gasteiger partial charge >= 0.3 is 0 Å². The van der Waals surface area contributed by atoms with Crippen molar-refractivity contribution in [2.75, 3.05) is 30.4 Å². The lowest BCUT2D eigenvalue weighted by Gasteiger charge is -2.22. The van der Waals surface area contributed by atoms with Gasteiger partial charge < -0.3 is 15.0 Å². The molecular weight excluding hydrogens is 324 g/mol. The first-order valence-corrected chi connectivity index (χ1v) is 8.82. The van der Waals surface area contributed by atoms with Crippen LogP contribution in [0.3, 0.4) is 0 Å². The number of hydrogen-bond donors (Lipinski definition) is 1. The van der Waals surface area contributed by atoms with Crippen molar-refractivity contribution in [3.8, 4) is 5.75 Å². The molecule has 1 heterocycles. The van der Waals surface area contributed by atoms with Crippen LogP contribution in [-0.4, -0.2) is 30.2 Å². The van der Waals surface area contributed by atoms with Crippen molar-refractivity contribution in [2.24, 2.45) is 0 Å². The second-order valence-corrected chi connectivity index (χ2v) is 5.83. The molecule has 0 aliphatic heterocycles. The molecule has 0 aliphatic carbocycles. The topological polar surface area (TPSA) is 50.3 Å². The smallest absolute Gasteiger partial charge is 0.138 e. The van der Waals surface area contributed by atoms with E-state index in [-0.39, 0.29) is 0 Å². The molecule has 1 aromatic heterocycles. The highest BCUT2D eigenvalue weighted by Crippen LogP contribution is 2.24. The highest BCUT2D eigenvalue weighted by molar-refractivity contribution is 5.62. The molecule has 134 valence electrons. The van der Waals surface area contributed by atoms with Gasteiger partial charge in [0.15, 0.2) is 0 Å². The number of nitrogens with one attached hydrogen (secondary N) is 1. The normalized spacial score (nSPS) is 10.4. The zero-order valence-electron chi connectivity index (χ0n) is 15.2. The van der Waals surface area contributed by atoms with E-state index in [1.54, 1.807) is 13.4 Å². The number of hydrogen-bond acceptors (Lipinski definition) is 5. The van der Waals surface area contributed by atoms with E-state index in [4.69, 9.17) is 4.74 Å². The van der Waals surface area contributed by atoms with Crippen molar-refractivity contribution in [3.05, 3.63) is 72.6 Å². The molecule has 0 fully saturated rings. The maximum absolute atomic E-state index is 5.40. The quantitative estimate of drug-likeness (QED) is 0.658. The molecule has 0 bridgehead atoms. The van der Waals surface area contributed by atoms with Gasteiger partial charge in [0.25, 0.3) is 0 Å². The van der Waals surface area contributed by atoms with Crippen LogP contribution >= 0.6 is 0 Å². The van der Waals surface area contributed by atoms with Gasteiger partial charge in [-0.15, -0.1) is 0 Å². The fraction of sp³-hybridized carbons (Fsp3) is 0.238. The standard InChI is InChI=1S/C21H24N4O/c1-3-25(18-10-5-4-6-11-18)21-15-20(23-16-24-21)22-14-13-17-9-7-8-12-19(17)26-2/h4-12,15-16H,3,13-14H2,1-2H3,(H,22,23,24). The van der Waals surface area contributed by atoms with Crippen LogP contribution in [0, 0.1) is 0 Å². The summed E-state index contributed by atoms with van der Waals surface area (Å²) in [6.07, 6.45) is 2.46. The Kier molecular flexibility index (Phi) is 6.04. The number of para-hydroxylation sites is 2. The minimum Gasteiger partial charge on any atom is -0.496 e. The minimum atomic E-state index is 0.772. The number of benzene rings is 2. The summed E-state index contributed by atoms with van der Waals surface area (Å²) in [5.41, 5.74) is 2.30. The first-order valence-electron chi connectivity index (χ1n) is 8.82. The Morgan fingerprint density at radius 2 is 1.77 bits per heavy atom. The number of anilines is 3. The van der Waals surface area contributed by atoms with Gasteiger partial charge in [0.2, 0.25) is 0 Å². The molecule has 0 saturated carbocycles. The molecule has 0 spiro atoms. The van der Waals surface area contributed by atoms with E-state index in [2.05, 4.69) is 45.3 Å². The second-order valence-electron chi connectivity index (χ2n) is 5.83. The lowest BCUT2D eigenvalue weighted by atomic mass is 10.1. The lowest BCUT2D eigenvalue weighted by Crippen LogP contribution is -2.18. The molecule has 5 heteroatoms. The van der Waals surface area contributed by atoms with Gasteiger partial charge in [-0.1, -0.05) is 36.4 Å². The first-order chi connectivity index (χ1) is 12.8. The predicted octanol–water partition coefficient (Wildman–Crippen LogP) is 4.30. The van der Waals surface area contributed by atoms with E-state index in [0.717, 1.165) is 42.6 Å². The number of aromatic nitrogens is 2. The molecule has 0 radical (unpaired) electrons.